The van der Waals surface area contributed by atoms with Crippen molar-refractivity contribution >= 4 is 23.2 Å². The molecule has 0 N–H and O–H groups in total. The van der Waals surface area contributed by atoms with Crippen LogP contribution in [0.4, 0.5) is 0 Å². The summed E-state index contributed by atoms with van der Waals surface area (Å²) in [4.78, 5) is 24.1. The molecule has 0 heterocycles. The molecule has 0 amide bonds. The van der Waals surface area contributed by atoms with E-state index in [0.29, 0.717) is 17.1 Å². The van der Waals surface area contributed by atoms with Crippen molar-refractivity contribution in [3.8, 4) is 0 Å². The molecule has 0 saturated heterocycles. The fraction of sp³-hybridized carbons (Fsp3) is 0.158. The van der Waals surface area contributed by atoms with Gasteiger partial charge >= 0.3 is 0 Å². The van der Waals surface area contributed by atoms with Crippen LogP contribution in [0.1, 0.15) is 46.8 Å². The zero-order valence-electron chi connectivity index (χ0n) is 12.1. The first kappa shape index (κ1) is 13.5. The van der Waals surface area contributed by atoms with Crippen LogP contribution in [0.15, 0.2) is 48.5 Å². The van der Waals surface area contributed by atoms with Crippen molar-refractivity contribution in [2.75, 3.05) is 0 Å². The standard InChI is InChI=1S/C19H16O2/c1-12(2)14-9-7-13(8-10-14)11-17-15-5-3-4-6-16(15)18(20)19(17)21/h3-12H,1-2H3. The maximum atomic E-state index is 12.1. The Morgan fingerprint density at radius 1 is 0.810 bits per heavy atom. The van der Waals surface area contributed by atoms with Gasteiger partial charge in [-0.15, -0.1) is 0 Å². The predicted molar refractivity (Wildman–Crippen MR) is 84.2 cm³/mol. The average Bonchev–Trinajstić information content (AvgIpc) is 2.73. The molecule has 104 valence electrons. The van der Waals surface area contributed by atoms with Crippen molar-refractivity contribution < 1.29 is 9.59 Å². The molecule has 2 nitrogen and oxygen atoms in total. The number of allylic oxidation sites excluding steroid dienone is 1. The van der Waals surface area contributed by atoms with E-state index in [1.54, 1.807) is 18.2 Å². The predicted octanol–water partition coefficient (Wildman–Crippen LogP) is 4.12. The number of hydrogen-bond donors (Lipinski definition) is 0. The second kappa shape index (κ2) is 5.13. The summed E-state index contributed by atoms with van der Waals surface area (Å²) in [6.07, 6.45) is 1.80. The van der Waals surface area contributed by atoms with Gasteiger partial charge in [0.2, 0.25) is 11.6 Å². The van der Waals surface area contributed by atoms with Crippen LogP contribution >= 0.6 is 0 Å². The van der Waals surface area contributed by atoms with Crippen LogP contribution in [0.25, 0.3) is 11.6 Å². The van der Waals surface area contributed by atoms with Crippen LogP contribution < -0.4 is 0 Å². The van der Waals surface area contributed by atoms with Gasteiger partial charge in [-0.2, -0.15) is 0 Å². The van der Waals surface area contributed by atoms with Gasteiger partial charge in [0.25, 0.3) is 0 Å². The van der Waals surface area contributed by atoms with Crippen molar-refractivity contribution in [1.29, 1.82) is 0 Å². The zero-order chi connectivity index (χ0) is 15.0. The van der Waals surface area contributed by atoms with Gasteiger partial charge in [0, 0.05) is 11.1 Å². The summed E-state index contributed by atoms with van der Waals surface area (Å²) in [6, 6.07) is 15.3. The zero-order valence-corrected chi connectivity index (χ0v) is 12.1. The Balaban J connectivity index is 2.04. The summed E-state index contributed by atoms with van der Waals surface area (Å²) in [6.45, 7) is 4.28. The fourth-order valence-electron chi connectivity index (χ4n) is 2.57. The summed E-state index contributed by atoms with van der Waals surface area (Å²) in [7, 11) is 0. The van der Waals surface area contributed by atoms with E-state index in [1.807, 2.05) is 24.3 Å². The third kappa shape index (κ3) is 2.33. The van der Waals surface area contributed by atoms with Crippen LogP contribution in [0.3, 0.4) is 0 Å². The van der Waals surface area contributed by atoms with Crippen LogP contribution in [0.5, 0.6) is 0 Å². The Morgan fingerprint density at radius 2 is 1.43 bits per heavy atom. The molecule has 0 bridgehead atoms. The summed E-state index contributed by atoms with van der Waals surface area (Å²) >= 11 is 0. The van der Waals surface area contributed by atoms with Crippen molar-refractivity contribution in [2.45, 2.75) is 19.8 Å². The summed E-state index contributed by atoms with van der Waals surface area (Å²) in [5.41, 5.74) is 3.93. The van der Waals surface area contributed by atoms with E-state index in [2.05, 4.69) is 26.0 Å². The Kier molecular flexibility index (Phi) is 3.30. The molecule has 2 aromatic carbocycles. The molecule has 0 aliphatic heterocycles. The van der Waals surface area contributed by atoms with Crippen molar-refractivity contribution in [2.24, 2.45) is 0 Å². The molecule has 3 rings (SSSR count). The molecule has 0 aromatic heterocycles. The van der Waals surface area contributed by atoms with Crippen LogP contribution in [-0.4, -0.2) is 11.6 Å². The third-order valence-corrected chi connectivity index (χ3v) is 3.83. The molecule has 0 spiro atoms. The van der Waals surface area contributed by atoms with Gasteiger partial charge in [0.15, 0.2) is 0 Å². The number of benzene rings is 2. The molecule has 0 atom stereocenters. The molecular weight excluding hydrogens is 260 g/mol. The quantitative estimate of drug-likeness (QED) is 0.611. The third-order valence-electron chi connectivity index (χ3n) is 3.83. The number of ketones is 2. The number of hydrogen-bond acceptors (Lipinski definition) is 2. The second-order valence-corrected chi connectivity index (χ2v) is 5.58. The highest BCUT2D eigenvalue weighted by Gasteiger charge is 2.32. The lowest BCUT2D eigenvalue weighted by Crippen LogP contribution is -2.05. The van der Waals surface area contributed by atoms with Crippen molar-refractivity contribution in [1.82, 2.24) is 0 Å². The first-order valence-corrected chi connectivity index (χ1v) is 7.08. The second-order valence-electron chi connectivity index (χ2n) is 5.58. The fourth-order valence-corrected chi connectivity index (χ4v) is 2.57. The van der Waals surface area contributed by atoms with E-state index < -0.39 is 11.6 Å². The summed E-state index contributed by atoms with van der Waals surface area (Å²) in [5, 5.41) is 0. The topological polar surface area (TPSA) is 34.1 Å². The molecule has 0 radical (unpaired) electrons. The van der Waals surface area contributed by atoms with Crippen LogP contribution in [0.2, 0.25) is 0 Å². The van der Waals surface area contributed by atoms with Gasteiger partial charge in [0.1, 0.15) is 0 Å². The molecule has 2 aromatic rings. The molecule has 21 heavy (non-hydrogen) atoms. The number of carbonyl (C=O) groups is 2. The lowest BCUT2D eigenvalue weighted by molar-refractivity contribution is -0.109. The smallest absolute Gasteiger partial charge is 0.234 e. The van der Waals surface area contributed by atoms with Crippen molar-refractivity contribution in [3.63, 3.8) is 0 Å². The lowest BCUT2D eigenvalue weighted by atomic mass is 9.99. The SMILES string of the molecule is CC(C)c1ccc(C=C2C(=O)C(=O)c3ccccc32)cc1. The van der Waals surface area contributed by atoms with E-state index >= 15 is 0 Å². The van der Waals surface area contributed by atoms with Crippen LogP contribution in [0, 0.1) is 0 Å². The van der Waals surface area contributed by atoms with E-state index in [4.69, 9.17) is 0 Å². The minimum absolute atomic E-state index is 0.407. The minimum Gasteiger partial charge on any atom is -0.285 e. The highest BCUT2D eigenvalue weighted by atomic mass is 16.2. The highest BCUT2D eigenvalue weighted by molar-refractivity contribution is 6.64. The first-order valence-electron chi connectivity index (χ1n) is 7.08. The Bertz CT molecular complexity index is 749. The monoisotopic (exact) mass is 276 g/mol. The Morgan fingerprint density at radius 3 is 2.05 bits per heavy atom. The van der Waals surface area contributed by atoms with Gasteiger partial charge in [-0.3, -0.25) is 9.59 Å². The van der Waals surface area contributed by atoms with Gasteiger partial charge in [-0.1, -0.05) is 62.4 Å². The molecule has 1 aliphatic rings. The Hall–Kier alpha value is -2.48. The summed E-state index contributed by atoms with van der Waals surface area (Å²) < 4.78 is 0. The normalized spacial score (nSPS) is 15.9. The van der Waals surface area contributed by atoms with E-state index in [1.165, 1.54) is 5.56 Å². The molecular formula is C19H16O2. The lowest BCUT2D eigenvalue weighted by Gasteiger charge is -2.05. The molecule has 0 unspecified atom stereocenters. The number of carbonyl (C=O) groups excluding carboxylic acids is 2. The molecule has 0 fully saturated rings. The largest absolute Gasteiger partial charge is 0.285 e. The van der Waals surface area contributed by atoms with Crippen LogP contribution in [-0.2, 0) is 4.79 Å². The van der Waals surface area contributed by atoms with E-state index in [-0.39, 0.29) is 0 Å². The number of rotatable bonds is 2. The summed E-state index contributed by atoms with van der Waals surface area (Å²) in [5.74, 6) is -0.345. The number of Topliss-reactive ketones (excluding diaryl/α,β-unsaturated/α-hetero) is 2. The van der Waals surface area contributed by atoms with Gasteiger partial charge in [-0.25, -0.2) is 0 Å². The van der Waals surface area contributed by atoms with Gasteiger partial charge in [-0.05, 0) is 28.7 Å². The average molecular weight is 276 g/mol. The Labute approximate surface area is 124 Å². The van der Waals surface area contributed by atoms with Gasteiger partial charge in [0.05, 0.1) is 0 Å². The van der Waals surface area contributed by atoms with Gasteiger partial charge < -0.3 is 0 Å². The minimum atomic E-state index is -0.413. The molecule has 1 aliphatic carbocycles. The van der Waals surface area contributed by atoms with E-state index in [0.717, 1.165) is 11.1 Å². The van der Waals surface area contributed by atoms with E-state index in [9.17, 15) is 9.59 Å². The maximum absolute atomic E-state index is 12.1. The highest BCUT2D eigenvalue weighted by Crippen LogP contribution is 2.31. The molecule has 0 saturated carbocycles. The molecule has 2 heteroatoms. The number of fused-ring (bicyclic) bond motifs is 1. The van der Waals surface area contributed by atoms with Crippen molar-refractivity contribution in [3.05, 3.63) is 70.8 Å². The first-order chi connectivity index (χ1) is 10.1. The maximum Gasteiger partial charge on any atom is 0.234 e.